The molecule has 2 aromatic rings. The van der Waals surface area contributed by atoms with Gasteiger partial charge in [0.2, 0.25) is 0 Å². The minimum atomic E-state index is 0.449. The summed E-state index contributed by atoms with van der Waals surface area (Å²) in [4.78, 5) is 5.60. The number of nitrogens with zero attached hydrogens (tertiary/aromatic N) is 1. The van der Waals surface area contributed by atoms with E-state index in [1.54, 1.807) is 11.3 Å². The van der Waals surface area contributed by atoms with Crippen molar-refractivity contribution in [3.63, 3.8) is 0 Å². The first-order chi connectivity index (χ1) is 9.78. The van der Waals surface area contributed by atoms with Crippen LogP contribution in [0.3, 0.4) is 0 Å². The molecule has 0 aliphatic rings. The van der Waals surface area contributed by atoms with Gasteiger partial charge in [-0.3, -0.25) is 0 Å². The summed E-state index contributed by atoms with van der Waals surface area (Å²) in [5, 5.41) is 7.64. The molecule has 1 unspecified atom stereocenters. The molecule has 1 heterocycles. The zero-order valence-corrected chi connectivity index (χ0v) is 13.9. The molecular formula is C15H19ClN2S2. The monoisotopic (exact) mass is 326 g/mol. The minimum absolute atomic E-state index is 0.449. The van der Waals surface area contributed by atoms with Gasteiger partial charge in [0.1, 0.15) is 0 Å². The molecule has 108 valence electrons. The van der Waals surface area contributed by atoms with Crippen LogP contribution < -0.4 is 5.32 Å². The number of benzene rings is 1. The fraction of sp³-hybridized carbons (Fsp3) is 0.400. The molecule has 0 amide bonds. The number of rotatable bonds is 8. The lowest BCUT2D eigenvalue weighted by Crippen LogP contribution is -2.34. The Hall–Kier alpha value is -0.550. The van der Waals surface area contributed by atoms with E-state index in [0.717, 1.165) is 30.2 Å². The van der Waals surface area contributed by atoms with Crippen LogP contribution in [0.1, 0.15) is 18.4 Å². The van der Waals surface area contributed by atoms with E-state index in [4.69, 9.17) is 11.6 Å². The zero-order chi connectivity index (χ0) is 14.2. The standard InChI is InChI=1S/C15H19ClN2S2/c1-2-6-17-13(10-15-18-7-8-19-15)11-20-14-5-3-4-12(16)9-14/h3-5,7-9,13,17H,2,6,10-11H2,1H3. The van der Waals surface area contributed by atoms with Gasteiger partial charge in [0, 0.05) is 39.7 Å². The maximum atomic E-state index is 6.02. The second-order valence-electron chi connectivity index (χ2n) is 4.55. The summed E-state index contributed by atoms with van der Waals surface area (Å²) in [6.07, 6.45) is 4.02. The third kappa shape index (κ3) is 5.44. The van der Waals surface area contributed by atoms with E-state index >= 15 is 0 Å². The summed E-state index contributed by atoms with van der Waals surface area (Å²) < 4.78 is 0. The molecule has 1 aromatic heterocycles. The molecule has 0 aliphatic heterocycles. The van der Waals surface area contributed by atoms with Gasteiger partial charge in [-0.25, -0.2) is 4.98 Å². The van der Waals surface area contributed by atoms with Gasteiger partial charge in [-0.2, -0.15) is 0 Å². The van der Waals surface area contributed by atoms with E-state index in [-0.39, 0.29) is 0 Å². The average molecular weight is 327 g/mol. The summed E-state index contributed by atoms with van der Waals surface area (Å²) >= 11 is 9.59. The molecule has 0 saturated heterocycles. The second-order valence-corrected chi connectivity index (χ2v) is 7.06. The van der Waals surface area contributed by atoms with Gasteiger partial charge < -0.3 is 5.32 Å². The molecule has 20 heavy (non-hydrogen) atoms. The molecule has 0 saturated carbocycles. The fourth-order valence-electron chi connectivity index (χ4n) is 1.86. The first-order valence-corrected chi connectivity index (χ1v) is 9.02. The number of thiazole rings is 1. The SMILES string of the molecule is CCCNC(CSc1cccc(Cl)c1)Cc1nccs1. The summed E-state index contributed by atoms with van der Waals surface area (Å²) in [5.41, 5.74) is 0. The smallest absolute Gasteiger partial charge is 0.0940 e. The van der Waals surface area contributed by atoms with E-state index in [1.807, 2.05) is 41.5 Å². The van der Waals surface area contributed by atoms with Crippen LogP contribution in [0.2, 0.25) is 5.02 Å². The van der Waals surface area contributed by atoms with Gasteiger partial charge in [0.25, 0.3) is 0 Å². The van der Waals surface area contributed by atoms with Crippen LogP contribution in [0.5, 0.6) is 0 Å². The van der Waals surface area contributed by atoms with Crippen LogP contribution >= 0.6 is 34.7 Å². The van der Waals surface area contributed by atoms with Gasteiger partial charge >= 0.3 is 0 Å². The van der Waals surface area contributed by atoms with Crippen molar-refractivity contribution in [2.45, 2.75) is 30.7 Å². The number of hydrogen-bond acceptors (Lipinski definition) is 4. The Bertz CT molecular complexity index is 502. The van der Waals surface area contributed by atoms with Gasteiger partial charge in [0.05, 0.1) is 5.01 Å². The van der Waals surface area contributed by atoms with Crippen LogP contribution in [0.15, 0.2) is 40.7 Å². The van der Waals surface area contributed by atoms with Gasteiger partial charge in [-0.05, 0) is 31.2 Å². The molecule has 0 fully saturated rings. The van der Waals surface area contributed by atoms with Crippen LogP contribution in [0.25, 0.3) is 0 Å². The Morgan fingerprint density at radius 2 is 2.35 bits per heavy atom. The molecule has 0 spiro atoms. The van der Waals surface area contributed by atoms with Crippen molar-refractivity contribution in [2.24, 2.45) is 0 Å². The van der Waals surface area contributed by atoms with Crippen molar-refractivity contribution >= 4 is 34.7 Å². The van der Waals surface area contributed by atoms with Crippen LogP contribution in [-0.2, 0) is 6.42 Å². The Kier molecular flexibility index (Phi) is 6.87. The molecular weight excluding hydrogens is 308 g/mol. The highest BCUT2D eigenvalue weighted by molar-refractivity contribution is 7.99. The Morgan fingerprint density at radius 3 is 3.05 bits per heavy atom. The second kappa shape index (κ2) is 8.67. The van der Waals surface area contributed by atoms with Gasteiger partial charge in [-0.1, -0.05) is 24.6 Å². The van der Waals surface area contributed by atoms with Gasteiger partial charge in [0.15, 0.2) is 0 Å². The quantitative estimate of drug-likeness (QED) is 0.723. The molecule has 1 aromatic carbocycles. The molecule has 2 nitrogen and oxygen atoms in total. The minimum Gasteiger partial charge on any atom is -0.313 e. The summed E-state index contributed by atoms with van der Waals surface area (Å²) in [6.45, 7) is 3.24. The normalized spacial score (nSPS) is 12.5. The predicted molar refractivity (Wildman–Crippen MR) is 90.1 cm³/mol. The van der Waals surface area contributed by atoms with Crippen LogP contribution in [0, 0.1) is 0 Å². The topological polar surface area (TPSA) is 24.9 Å². The lowest BCUT2D eigenvalue weighted by Gasteiger charge is -2.17. The number of nitrogens with one attached hydrogen (secondary N) is 1. The van der Waals surface area contributed by atoms with E-state index in [0.29, 0.717) is 6.04 Å². The maximum absolute atomic E-state index is 6.02. The lowest BCUT2D eigenvalue weighted by molar-refractivity contribution is 0.549. The Balaban J connectivity index is 1.89. The average Bonchev–Trinajstić information content (AvgIpc) is 2.95. The predicted octanol–water partition coefficient (Wildman–Crippen LogP) is 4.50. The van der Waals surface area contributed by atoms with E-state index in [9.17, 15) is 0 Å². The Morgan fingerprint density at radius 1 is 1.45 bits per heavy atom. The zero-order valence-electron chi connectivity index (χ0n) is 11.5. The van der Waals surface area contributed by atoms with Crippen molar-refractivity contribution in [2.75, 3.05) is 12.3 Å². The third-order valence-corrected chi connectivity index (χ3v) is 5.03. The molecule has 5 heteroatoms. The Labute approximate surface area is 134 Å². The molecule has 2 rings (SSSR count). The van der Waals surface area contributed by atoms with Crippen LogP contribution in [0.4, 0.5) is 0 Å². The van der Waals surface area contributed by atoms with E-state index < -0.39 is 0 Å². The largest absolute Gasteiger partial charge is 0.313 e. The van der Waals surface area contributed by atoms with Crippen molar-refractivity contribution in [3.8, 4) is 0 Å². The van der Waals surface area contributed by atoms with Crippen molar-refractivity contribution in [1.82, 2.24) is 10.3 Å². The molecule has 0 radical (unpaired) electrons. The molecule has 0 bridgehead atoms. The maximum Gasteiger partial charge on any atom is 0.0940 e. The lowest BCUT2D eigenvalue weighted by atomic mass is 10.2. The van der Waals surface area contributed by atoms with E-state index in [1.165, 1.54) is 9.90 Å². The van der Waals surface area contributed by atoms with Crippen molar-refractivity contribution in [1.29, 1.82) is 0 Å². The molecule has 1 atom stereocenters. The number of thioether (sulfide) groups is 1. The number of hydrogen-bond donors (Lipinski definition) is 1. The van der Waals surface area contributed by atoms with Gasteiger partial charge in [-0.15, -0.1) is 23.1 Å². The highest BCUT2D eigenvalue weighted by Gasteiger charge is 2.11. The third-order valence-electron chi connectivity index (χ3n) is 2.83. The summed E-state index contributed by atoms with van der Waals surface area (Å²) in [5.74, 6) is 1.03. The molecule has 1 N–H and O–H groups in total. The highest BCUT2D eigenvalue weighted by atomic mass is 35.5. The first kappa shape index (κ1) is 15.8. The fourth-order valence-corrected chi connectivity index (χ4v) is 3.82. The molecule has 0 aliphatic carbocycles. The number of aromatic nitrogens is 1. The first-order valence-electron chi connectivity index (χ1n) is 6.78. The van der Waals surface area contributed by atoms with Crippen LogP contribution in [-0.4, -0.2) is 23.3 Å². The summed E-state index contributed by atoms with van der Waals surface area (Å²) in [6, 6.07) is 8.49. The van der Waals surface area contributed by atoms with Crippen molar-refractivity contribution in [3.05, 3.63) is 45.9 Å². The number of halogens is 1. The van der Waals surface area contributed by atoms with Crippen molar-refractivity contribution < 1.29 is 0 Å². The highest BCUT2D eigenvalue weighted by Crippen LogP contribution is 2.23. The summed E-state index contributed by atoms with van der Waals surface area (Å²) in [7, 11) is 0. The van der Waals surface area contributed by atoms with E-state index in [2.05, 4.69) is 23.3 Å².